The number of nitrogens with zero attached hydrogens (tertiary/aromatic N) is 2. The first-order valence-corrected chi connectivity index (χ1v) is 12.2. The third kappa shape index (κ3) is 5.50. The molecule has 27 heavy (non-hydrogen) atoms. The fourth-order valence-electron chi connectivity index (χ4n) is 2.99. The summed E-state index contributed by atoms with van der Waals surface area (Å²) in [5.74, 6) is -0.114. The Kier molecular flexibility index (Phi) is 6.67. The van der Waals surface area contributed by atoms with E-state index in [9.17, 15) is 21.6 Å². The Morgan fingerprint density at radius 1 is 1.07 bits per heavy atom. The van der Waals surface area contributed by atoms with Crippen LogP contribution in [0.25, 0.3) is 0 Å². The third-order valence-electron chi connectivity index (χ3n) is 4.86. The van der Waals surface area contributed by atoms with E-state index in [0.29, 0.717) is 43.9 Å². The van der Waals surface area contributed by atoms with Gasteiger partial charge in [-0.3, -0.25) is 9.69 Å². The second-order valence-corrected chi connectivity index (χ2v) is 11.0. The fraction of sp³-hybridized carbons (Fsp3) is 0.588. The van der Waals surface area contributed by atoms with E-state index < -0.39 is 19.9 Å². The highest BCUT2D eigenvalue weighted by molar-refractivity contribution is 7.90. The van der Waals surface area contributed by atoms with Gasteiger partial charge in [0, 0.05) is 44.5 Å². The van der Waals surface area contributed by atoms with E-state index in [4.69, 9.17) is 0 Å². The number of hydrogen-bond donors (Lipinski definition) is 1. The largest absolute Gasteiger partial charge is 0.336 e. The summed E-state index contributed by atoms with van der Waals surface area (Å²) in [6.45, 7) is 6.09. The number of sulfone groups is 1. The van der Waals surface area contributed by atoms with Crippen LogP contribution in [0.4, 0.5) is 0 Å². The van der Waals surface area contributed by atoms with Crippen LogP contribution >= 0.6 is 0 Å². The van der Waals surface area contributed by atoms with Crippen LogP contribution in [0, 0.1) is 13.8 Å². The van der Waals surface area contributed by atoms with Gasteiger partial charge in [-0.15, -0.1) is 0 Å². The topological polar surface area (TPSA) is 104 Å². The number of carbonyl (C=O) groups is 1. The molecule has 10 heteroatoms. The van der Waals surface area contributed by atoms with Gasteiger partial charge in [0.25, 0.3) is 5.91 Å². The number of benzene rings is 1. The maximum Gasteiger partial charge on any atom is 0.253 e. The second-order valence-electron chi connectivity index (χ2n) is 6.89. The molecule has 1 aliphatic rings. The van der Waals surface area contributed by atoms with Crippen LogP contribution in [0.2, 0.25) is 0 Å². The number of aryl methyl sites for hydroxylation is 1. The van der Waals surface area contributed by atoms with Gasteiger partial charge in [-0.2, -0.15) is 0 Å². The van der Waals surface area contributed by atoms with Crippen molar-refractivity contribution in [1.82, 2.24) is 14.5 Å². The normalized spacial score (nSPS) is 16.5. The molecule has 1 fully saturated rings. The molecule has 1 aromatic carbocycles. The molecule has 0 spiro atoms. The zero-order chi connectivity index (χ0) is 20.4. The van der Waals surface area contributed by atoms with Crippen molar-refractivity contribution in [2.24, 2.45) is 0 Å². The highest BCUT2D eigenvalue weighted by Gasteiger charge is 2.25. The third-order valence-corrected chi connectivity index (χ3v) is 7.33. The Labute approximate surface area is 161 Å². The SMILES string of the molecule is CNS(=O)(=O)c1cc(C(=O)N2CCN(CCS(C)(=O)=O)CC2)cc(C)c1C. The summed E-state index contributed by atoms with van der Waals surface area (Å²) < 4.78 is 49.3. The molecule has 0 radical (unpaired) electrons. The Morgan fingerprint density at radius 2 is 1.67 bits per heavy atom. The average Bonchev–Trinajstić information content (AvgIpc) is 2.61. The van der Waals surface area contributed by atoms with Gasteiger partial charge in [0.15, 0.2) is 0 Å². The molecule has 2 rings (SSSR count). The van der Waals surface area contributed by atoms with Gasteiger partial charge in [-0.1, -0.05) is 0 Å². The van der Waals surface area contributed by atoms with Crippen molar-refractivity contribution >= 4 is 25.8 Å². The van der Waals surface area contributed by atoms with E-state index >= 15 is 0 Å². The number of carbonyl (C=O) groups excluding carboxylic acids is 1. The molecular weight excluding hydrogens is 390 g/mol. The molecule has 1 N–H and O–H groups in total. The van der Waals surface area contributed by atoms with E-state index in [1.54, 1.807) is 24.8 Å². The second kappa shape index (κ2) is 8.26. The van der Waals surface area contributed by atoms with Crippen molar-refractivity contribution in [1.29, 1.82) is 0 Å². The summed E-state index contributed by atoms with van der Waals surface area (Å²) in [5, 5.41) is 0. The minimum atomic E-state index is -3.65. The Morgan fingerprint density at radius 3 is 2.19 bits per heavy atom. The molecule has 1 aliphatic heterocycles. The first-order chi connectivity index (χ1) is 12.4. The van der Waals surface area contributed by atoms with E-state index in [2.05, 4.69) is 4.72 Å². The lowest BCUT2D eigenvalue weighted by atomic mass is 10.0. The highest BCUT2D eigenvalue weighted by Crippen LogP contribution is 2.22. The van der Waals surface area contributed by atoms with Crippen LogP contribution < -0.4 is 4.72 Å². The molecule has 0 saturated carbocycles. The number of amides is 1. The van der Waals surface area contributed by atoms with Gasteiger partial charge in [-0.05, 0) is 44.2 Å². The molecule has 0 aliphatic carbocycles. The molecule has 0 bridgehead atoms. The number of rotatable bonds is 6. The predicted octanol–water partition coefficient (Wildman–Crippen LogP) is 0.0139. The van der Waals surface area contributed by atoms with Gasteiger partial charge < -0.3 is 4.90 Å². The summed E-state index contributed by atoms with van der Waals surface area (Å²) in [6.07, 6.45) is 1.21. The summed E-state index contributed by atoms with van der Waals surface area (Å²) >= 11 is 0. The molecule has 1 amide bonds. The molecule has 152 valence electrons. The van der Waals surface area contributed by atoms with Crippen molar-refractivity contribution < 1.29 is 21.6 Å². The first-order valence-electron chi connectivity index (χ1n) is 8.69. The Hall–Kier alpha value is -1.49. The zero-order valence-corrected chi connectivity index (χ0v) is 17.8. The fourth-order valence-corrected chi connectivity index (χ4v) is 4.65. The van der Waals surface area contributed by atoms with E-state index in [0.717, 1.165) is 5.56 Å². The lowest BCUT2D eigenvalue weighted by Gasteiger charge is -2.34. The number of nitrogens with one attached hydrogen (secondary N) is 1. The molecule has 1 heterocycles. The highest BCUT2D eigenvalue weighted by atomic mass is 32.2. The molecule has 0 unspecified atom stereocenters. The van der Waals surface area contributed by atoms with Crippen LogP contribution in [0.5, 0.6) is 0 Å². The number of piperazine rings is 1. The van der Waals surface area contributed by atoms with Gasteiger partial charge in [-0.25, -0.2) is 21.6 Å². The van der Waals surface area contributed by atoms with Gasteiger partial charge in [0.1, 0.15) is 9.84 Å². The van der Waals surface area contributed by atoms with E-state index in [1.165, 1.54) is 19.4 Å². The summed E-state index contributed by atoms with van der Waals surface area (Å²) in [5.41, 5.74) is 1.70. The molecule has 0 atom stereocenters. The van der Waals surface area contributed by atoms with Crippen LogP contribution in [-0.2, 0) is 19.9 Å². The maximum absolute atomic E-state index is 12.9. The summed E-state index contributed by atoms with van der Waals surface area (Å²) in [7, 11) is -5.32. The maximum atomic E-state index is 12.9. The van der Waals surface area contributed by atoms with Crippen LogP contribution in [-0.4, -0.2) is 84.3 Å². The Balaban J connectivity index is 2.13. The Bertz CT molecular complexity index is 918. The van der Waals surface area contributed by atoms with Crippen molar-refractivity contribution in [3.05, 3.63) is 28.8 Å². The average molecular weight is 418 g/mol. The molecule has 1 aromatic rings. The lowest BCUT2D eigenvalue weighted by molar-refractivity contribution is 0.0643. The van der Waals surface area contributed by atoms with Gasteiger partial charge >= 0.3 is 0 Å². The standard InChI is InChI=1S/C17H27N3O5S2/c1-13-11-15(12-16(14(13)2)27(24,25)18-3)17(21)20-7-5-19(6-8-20)9-10-26(4,22)23/h11-12,18H,5-10H2,1-4H3. The first kappa shape index (κ1) is 21.8. The summed E-state index contributed by atoms with van der Waals surface area (Å²) in [4.78, 5) is 16.7. The molecule has 8 nitrogen and oxygen atoms in total. The smallest absolute Gasteiger partial charge is 0.253 e. The van der Waals surface area contributed by atoms with Crippen molar-refractivity contribution in [2.75, 3.05) is 51.8 Å². The van der Waals surface area contributed by atoms with Crippen LogP contribution in [0.1, 0.15) is 21.5 Å². The van der Waals surface area contributed by atoms with Crippen molar-refractivity contribution in [3.63, 3.8) is 0 Å². The van der Waals surface area contributed by atoms with Crippen molar-refractivity contribution in [2.45, 2.75) is 18.7 Å². The summed E-state index contributed by atoms with van der Waals surface area (Å²) in [6, 6.07) is 3.13. The van der Waals surface area contributed by atoms with E-state index in [-0.39, 0.29) is 16.6 Å². The molecule has 0 aromatic heterocycles. The minimum Gasteiger partial charge on any atom is -0.336 e. The minimum absolute atomic E-state index is 0.101. The van der Waals surface area contributed by atoms with Crippen LogP contribution in [0.15, 0.2) is 17.0 Å². The van der Waals surface area contributed by atoms with E-state index in [1.807, 2.05) is 4.90 Å². The molecular formula is C17H27N3O5S2. The molecule has 1 saturated heterocycles. The number of sulfonamides is 1. The van der Waals surface area contributed by atoms with Gasteiger partial charge in [0.2, 0.25) is 10.0 Å². The monoisotopic (exact) mass is 417 g/mol. The van der Waals surface area contributed by atoms with Gasteiger partial charge in [0.05, 0.1) is 10.6 Å². The lowest BCUT2D eigenvalue weighted by Crippen LogP contribution is -2.49. The van der Waals surface area contributed by atoms with Crippen LogP contribution in [0.3, 0.4) is 0 Å². The zero-order valence-electron chi connectivity index (χ0n) is 16.1. The quantitative estimate of drug-likeness (QED) is 0.700. The predicted molar refractivity (Wildman–Crippen MR) is 104 cm³/mol. The van der Waals surface area contributed by atoms with Crippen molar-refractivity contribution in [3.8, 4) is 0 Å². The number of hydrogen-bond acceptors (Lipinski definition) is 6.